The van der Waals surface area contributed by atoms with Crippen molar-refractivity contribution in [2.75, 3.05) is 26.7 Å². The van der Waals surface area contributed by atoms with Crippen molar-refractivity contribution < 1.29 is 0 Å². The van der Waals surface area contributed by atoms with Gasteiger partial charge in [-0.2, -0.15) is 0 Å². The summed E-state index contributed by atoms with van der Waals surface area (Å²) in [6.07, 6.45) is 4.08. The average Bonchev–Trinajstić information content (AvgIpc) is 3.03. The highest BCUT2D eigenvalue weighted by Crippen LogP contribution is 2.37. The van der Waals surface area contributed by atoms with Gasteiger partial charge in [0.25, 0.3) is 0 Å². The number of likely N-dealkylation sites (N-methyl/N-ethyl adjacent to an activating group) is 1. The number of hydrogen-bond donors (Lipinski definition) is 1. The fourth-order valence-electron chi connectivity index (χ4n) is 3.39. The lowest BCUT2D eigenvalue weighted by atomic mass is 9.92. The second-order valence-corrected chi connectivity index (χ2v) is 6.59. The molecule has 1 aliphatic carbocycles. The predicted octanol–water partition coefficient (Wildman–Crippen LogP) is 1.53. The van der Waals surface area contributed by atoms with E-state index in [4.69, 9.17) is 5.73 Å². The molecule has 0 spiro atoms. The number of rotatable bonds is 5. The van der Waals surface area contributed by atoms with Crippen LogP contribution in [0.1, 0.15) is 40.0 Å². The molecule has 3 nitrogen and oxygen atoms in total. The van der Waals surface area contributed by atoms with Gasteiger partial charge in [0.15, 0.2) is 0 Å². The van der Waals surface area contributed by atoms with Crippen molar-refractivity contribution in [3.63, 3.8) is 0 Å². The standard InChI is InChI=1S/C14H29N3/c1-11(2)17(8-13-5-6-13)14(9-15)7-12(3)16(4)10-14/h11-13H,5-10,15H2,1-4H3. The van der Waals surface area contributed by atoms with Crippen LogP contribution in [0, 0.1) is 5.92 Å². The first-order valence-corrected chi connectivity index (χ1v) is 7.15. The molecule has 100 valence electrons. The molecule has 3 heteroatoms. The molecular weight excluding hydrogens is 210 g/mol. The quantitative estimate of drug-likeness (QED) is 0.790. The van der Waals surface area contributed by atoms with Crippen LogP contribution in [0.2, 0.25) is 0 Å². The highest BCUT2D eigenvalue weighted by atomic mass is 15.3. The number of hydrogen-bond acceptors (Lipinski definition) is 3. The molecule has 2 N–H and O–H groups in total. The van der Waals surface area contributed by atoms with Crippen molar-refractivity contribution in [1.29, 1.82) is 0 Å². The third kappa shape index (κ3) is 2.67. The molecule has 17 heavy (non-hydrogen) atoms. The van der Waals surface area contributed by atoms with Crippen molar-refractivity contribution >= 4 is 0 Å². The van der Waals surface area contributed by atoms with E-state index in [1.807, 2.05) is 0 Å². The number of nitrogens with zero attached hydrogens (tertiary/aromatic N) is 2. The van der Waals surface area contributed by atoms with Crippen LogP contribution in [-0.4, -0.2) is 54.1 Å². The van der Waals surface area contributed by atoms with Crippen molar-refractivity contribution in [2.24, 2.45) is 11.7 Å². The fourth-order valence-corrected chi connectivity index (χ4v) is 3.39. The first kappa shape index (κ1) is 13.3. The Hall–Kier alpha value is -0.120. The van der Waals surface area contributed by atoms with Crippen LogP contribution in [-0.2, 0) is 0 Å². The van der Waals surface area contributed by atoms with E-state index in [1.54, 1.807) is 0 Å². The summed E-state index contributed by atoms with van der Waals surface area (Å²) in [6, 6.07) is 1.27. The van der Waals surface area contributed by atoms with Crippen LogP contribution in [0.3, 0.4) is 0 Å². The minimum atomic E-state index is 0.227. The summed E-state index contributed by atoms with van der Waals surface area (Å²) in [6.45, 7) is 10.2. The highest BCUT2D eigenvalue weighted by Gasteiger charge is 2.46. The minimum Gasteiger partial charge on any atom is -0.329 e. The lowest BCUT2D eigenvalue weighted by molar-refractivity contribution is 0.0636. The van der Waals surface area contributed by atoms with Crippen LogP contribution >= 0.6 is 0 Å². The average molecular weight is 239 g/mol. The molecule has 2 atom stereocenters. The molecule has 0 bridgehead atoms. The first-order valence-electron chi connectivity index (χ1n) is 7.15. The van der Waals surface area contributed by atoms with E-state index in [9.17, 15) is 0 Å². The summed E-state index contributed by atoms with van der Waals surface area (Å²) in [5.41, 5.74) is 6.39. The Kier molecular flexibility index (Phi) is 3.81. The predicted molar refractivity (Wildman–Crippen MR) is 73.1 cm³/mol. The number of likely N-dealkylation sites (tertiary alicyclic amines) is 1. The molecule has 0 aromatic carbocycles. The Balaban J connectivity index is 2.12. The van der Waals surface area contributed by atoms with Crippen LogP contribution in [0.25, 0.3) is 0 Å². The van der Waals surface area contributed by atoms with Crippen molar-refractivity contribution in [2.45, 2.75) is 57.7 Å². The zero-order chi connectivity index (χ0) is 12.6. The van der Waals surface area contributed by atoms with Gasteiger partial charge in [-0.15, -0.1) is 0 Å². The second kappa shape index (κ2) is 4.87. The van der Waals surface area contributed by atoms with Gasteiger partial charge >= 0.3 is 0 Å². The van der Waals surface area contributed by atoms with Gasteiger partial charge in [-0.3, -0.25) is 4.90 Å². The first-order chi connectivity index (χ1) is 7.98. The van der Waals surface area contributed by atoms with Gasteiger partial charge < -0.3 is 10.6 Å². The monoisotopic (exact) mass is 239 g/mol. The Morgan fingerprint density at radius 3 is 2.41 bits per heavy atom. The zero-order valence-electron chi connectivity index (χ0n) is 11.9. The molecule has 2 unspecified atom stereocenters. The molecule has 1 saturated heterocycles. The van der Waals surface area contributed by atoms with Crippen molar-refractivity contribution in [3.8, 4) is 0 Å². The normalized spacial score (nSPS) is 35.1. The van der Waals surface area contributed by atoms with E-state index >= 15 is 0 Å². The van der Waals surface area contributed by atoms with E-state index in [2.05, 4.69) is 37.6 Å². The topological polar surface area (TPSA) is 32.5 Å². The molecule has 0 radical (unpaired) electrons. The third-order valence-electron chi connectivity index (χ3n) is 4.74. The van der Waals surface area contributed by atoms with Gasteiger partial charge in [0, 0.05) is 37.3 Å². The molecule has 2 fully saturated rings. The van der Waals surface area contributed by atoms with Crippen LogP contribution in [0.4, 0.5) is 0 Å². The van der Waals surface area contributed by atoms with E-state index in [1.165, 1.54) is 25.8 Å². The summed E-state index contributed by atoms with van der Waals surface area (Å²) in [5.74, 6) is 0.946. The number of nitrogens with two attached hydrogens (primary N) is 1. The summed E-state index contributed by atoms with van der Waals surface area (Å²) in [4.78, 5) is 5.17. The van der Waals surface area contributed by atoms with Crippen molar-refractivity contribution in [3.05, 3.63) is 0 Å². The molecule has 0 aromatic rings. The largest absolute Gasteiger partial charge is 0.329 e. The smallest absolute Gasteiger partial charge is 0.0475 e. The van der Waals surface area contributed by atoms with Crippen LogP contribution < -0.4 is 5.73 Å². The van der Waals surface area contributed by atoms with Gasteiger partial charge in [-0.05, 0) is 53.0 Å². The maximum absolute atomic E-state index is 6.16. The molecule has 2 aliphatic rings. The van der Waals surface area contributed by atoms with E-state index in [0.29, 0.717) is 12.1 Å². The molecule has 0 aromatic heterocycles. The van der Waals surface area contributed by atoms with Gasteiger partial charge in [-0.25, -0.2) is 0 Å². The molecule has 1 saturated carbocycles. The maximum Gasteiger partial charge on any atom is 0.0475 e. The summed E-state index contributed by atoms with van der Waals surface area (Å²) >= 11 is 0. The summed E-state index contributed by atoms with van der Waals surface area (Å²) < 4.78 is 0. The van der Waals surface area contributed by atoms with E-state index in [0.717, 1.165) is 19.0 Å². The Morgan fingerprint density at radius 2 is 2.06 bits per heavy atom. The SMILES string of the molecule is CC1CC(CN)(N(CC2CC2)C(C)C)CN1C. The highest BCUT2D eigenvalue weighted by molar-refractivity contribution is 5.04. The Bertz CT molecular complexity index is 250. The lowest BCUT2D eigenvalue weighted by Crippen LogP contribution is -2.58. The van der Waals surface area contributed by atoms with Gasteiger partial charge in [0.1, 0.15) is 0 Å². The van der Waals surface area contributed by atoms with Gasteiger partial charge in [0.2, 0.25) is 0 Å². The van der Waals surface area contributed by atoms with Crippen LogP contribution in [0.5, 0.6) is 0 Å². The zero-order valence-corrected chi connectivity index (χ0v) is 11.9. The molecule has 1 heterocycles. The maximum atomic E-state index is 6.16. The molecule has 2 rings (SSSR count). The second-order valence-electron chi connectivity index (χ2n) is 6.59. The Labute approximate surface area is 106 Å². The molecule has 1 aliphatic heterocycles. The molecule has 0 amide bonds. The van der Waals surface area contributed by atoms with Gasteiger partial charge in [-0.1, -0.05) is 0 Å². The van der Waals surface area contributed by atoms with Crippen molar-refractivity contribution in [1.82, 2.24) is 9.80 Å². The molecular formula is C14H29N3. The van der Waals surface area contributed by atoms with Gasteiger partial charge in [0.05, 0.1) is 0 Å². The lowest BCUT2D eigenvalue weighted by Gasteiger charge is -2.43. The summed E-state index contributed by atoms with van der Waals surface area (Å²) in [5, 5.41) is 0. The van der Waals surface area contributed by atoms with Crippen LogP contribution in [0.15, 0.2) is 0 Å². The summed E-state index contributed by atoms with van der Waals surface area (Å²) in [7, 11) is 2.23. The fraction of sp³-hybridized carbons (Fsp3) is 1.00. The van der Waals surface area contributed by atoms with E-state index < -0.39 is 0 Å². The van der Waals surface area contributed by atoms with E-state index in [-0.39, 0.29) is 5.54 Å². The minimum absolute atomic E-state index is 0.227. The third-order valence-corrected chi connectivity index (χ3v) is 4.74. The Morgan fingerprint density at radius 1 is 1.41 bits per heavy atom.